The van der Waals surface area contributed by atoms with Gasteiger partial charge in [0.25, 0.3) is 0 Å². The second-order valence-electron chi connectivity index (χ2n) is 7.50. The molecule has 0 atom stereocenters. The molecule has 0 fully saturated rings. The van der Waals surface area contributed by atoms with E-state index in [1.54, 1.807) is 59.7 Å². The van der Waals surface area contributed by atoms with Crippen molar-refractivity contribution in [3.05, 3.63) is 23.4 Å². The number of hydrogen-bond donors (Lipinski definition) is 2. The average Bonchev–Trinajstić information content (AvgIpc) is 2.43. The third kappa shape index (κ3) is 8.87. The van der Waals surface area contributed by atoms with E-state index in [9.17, 15) is 9.59 Å². The summed E-state index contributed by atoms with van der Waals surface area (Å²) in [7, 11) is 0. The molecule has 26 heavy (non-hydrogen) atoms. The van der Waals surface area contributed by atoms with Crippen LogP contribution in [0.2, 0.25) is 5.15 Å². The van der Waals surface area contributed by atoms with Crippen molar-refractivity contribution in [3.8, 4) is 0 Å². The molecule has 0 saturated carbocycles. The average molecular weight is 387 g/mol. The van der Waals surface area contributed by atoms with Crippen LogP contribution in [-0.2, 0) is 9.47 Å². The fraction of sp³-hybridized carbons (Fsp3) is 0.588. The number of ether oxygens (including phenoxy) is 2. The first-order valence-electron chi connectivity index (χ1n) is 8.22. The van der Waals surface area contributed by atoms with Crippen molar-refractivity contribution in [2.24, 2.45) is 0 Å². The minimum absolute atomic E-state index is 0.193. The molecular formula is C17H27ClN4O4. The van der Waals surface area contributed by atoms with Gasteiger partial charge in [0.2, 0.25) is 0 Å². The first-order valence-corrected chi connectivity index (χ1v) is 8.60. The highest BCUT2D eigenvalue weighted by atomic mass is 35.5. The Morgan fingerprint density at radius 3 is 2.27 bits per heavy atom. The van der Waals surface area contributed by atoms with Crippen molar-refractivity contribution in [1.82, 2.24) is 15.8 Å². The van der Waals surface area contributed by atoms with Crippen LogP contribution in [0.5, 0.6) is 0 Å². The number of nitrogens with zero attached hydrogens (tertiary/aromatic N) is 2. The maximum Gasteiger partial charge on any atom is 0.422 e. The molecule has 1 aromatic rings. The lowest BCUT2D eigenvalue weighted by Crippen LogP contribution is -2.46. The zero-order chi connectivity index (χ0) is 20.0. The molecule has 9 heteroatoms. The molecule has 2 amide bonds. The van der Waals surface area contributed by atoms with Crippen molar-refractivity contribution < 1.29 is 19.1 Å². The zero-order valence-corrected chi connectivity index (χ0v) is 16.8. The molecule has 0 aliphatic rings. The molecule has 0 aromatic carbocycles. The molecule has 8 nitrogen and oxygen atoms in total. The van der Waals surface area contributed by atoms with Gasteiger partial charge in [-0.25, -0.2) is 20.0 Å². The van der Waals surface area contributed by atoms with Crippen LogP contribution in [0.15, 0.2) is 18.2 Å². The lowest BCUT2D eigenvalue weighted by Gasteiger charge is -2.27. The lowest BCUT2D eigenvalue weighted by molar-refractivity contribution is 0.0499. The molecule has 146 valence electrons. The van der Waals surface area contributed by atoms with Crippen LogP contribution in [0, 0.1) is 0 Å². The smallest absolute Gasteiger partial charge is 0.422 e. The van der Waals surface area contributed by atoms with E-state index in [4.69, 9.17) is 21.1 Å². The van der Waals surface area contributed by atoms with Gasteiger partial charge in [-0.15, -0.1) is 0 Å². The topological polar surface area (TPSA) is 92.8 Å². The molecule has 0 unspecified atom stereocenters. The van der Waals surface area contributed by atoms with Crippen molar-refractivity contribution >= 4 is 29.6 Å². The Labute approximate surface area is 159 Å². The summed E-state index contributed by atoms with van der Waals surface area (Å²) >= 11 is 5.91. The Hall–Kier alpha value is -2.06. The predicted molar refractivity (Wildman–Crippen MR) is 100 cm³/mol. The molecule has 0 aliphatic carbocycles. The Morgan fingerprint density at radius 1 is 1.12 bits per heavy atom. The van der Waals surface area contributed by atoms with Crippen LogP contribution in [0.25, 0.3) is 0 Å². The number of anilines is 1. The van der Waals surface area contributed by atoms with Gasteiger partial charge in [-0.05, 0) is 53.7 Å². The molecular weight excluding hydrogens is 360 g/mol. The van der Waals surface area contributed by atoms with E-state index in [-0.39, 0.29) is 18.2 Å². The second kappa shape index (κ2) is 9.05. The van der Waals surface area contributed by atoms with Gasteiger partial charge in [-0.3, -0.25) is 10.3 Å². The van der Waals surface area contributed by atoms with Crippen molar-refractivity contribution in [3.63, 3.8) is 0 Å². The number of nitrogens with one attached hydrogen (secondary N) is 2. The molecule has 2 N–H and O–H groups in total. The number of halogens is 1. The van der Waals surface area contributed by atoms with E-state index in [1.807, 2.05) is 0 Å². The van der Waals surface area contributed by atoms with Gasteiger partial charge in [0, 0.05) is 13.1 Å². The number of pyridine rings is 1. The molecule has 1 heterocycles. The van der Waals surface area contributed by atoms with Crippen LogP contribution in [0.3, 0.4) is 0 Å². The summed E-state index contributed by atoms with van der Waals surface area (Å²) in [6, 6.07) is 4.95. The van der Waals surface area contributed by atoms with Crippen molar-refractivity contribution in [2.75, 3.05) is 18.0 Å². The molecule has 1 aromatic heterocycles. The Kier molecular flexibility index (Phi) is 7.65. The number of hydrazine groups is 1. The first-order chi connectivity index (χ1) is 11.9. The van der Waals surface area contributed by atoms with Crippen molar-refractivity contribution in [2.45, 2.75) is 52.7 Å². The maximum atomic E-state index is 12.5. The van der Waals surface area contributed by atoms with E-state index in [0.29, 0.717) is 5.82 Å². The highest BCUT2D eigenvalue weighted by Gasteiger charge is 2.24. The highest BCUT2D eigenvalue weighted by Crippen LogP contribution is 2.18. The van der Waals surface area contributed by atoms with Gasteiger partial charge < -0.3 is 9.47 Å². The lowest BCUT2D eigenvalue weighted by atomic mass is 10.2. The molecule has 0 radical (unpaired) electrons. The molecule has 0 saturated heterocycles. The standard InChI is InChI=1S/C17H27ClN4O4/c1-16(2,3)25-14(23)21-19-10-11-22(15(24)26-17(4,5)6)13-9-7-8-12(18)20-13/h7-9,19H,10-11H2,1-6H3,(H,21,23). The largest absolute Gasteiger partial charge is 0.443 e. The summed E-state index contributed by atoms with van der Waals surface area (Å²) < 4.78 is 10.5. The van der Waals surface area contributed by atoms with Crippen LogP contribution in [-0.4, -0.2) is 41.5 Å². The van der Waals surface area contributed by atoms with Crippen LogP contribution >= 0.6 is 11.6 Å². The third-order valence-electron chi connectivity index (χ3n) is 2.64. The number of amides is 2. The van der Waals surface area contributed by atoms with Gasteiger partial charge in [0.05, 0.1) is 0 Å². The van der Waals surface area contributed by atoms with Gasteiger partial charge in [-0.1, -0.05) is 17.7 Å². The summed E-state index contributed by atoms with van der Waals surface area (Å²) in [5.74, 6) is 0.353. The maximum absolute atomic E-state index is 12.5. The minimum Gasteiger partial charge on any atom is -0.443 e. The summed E-state index contributed by atoms with van der Waals surface area (Å²) in [5.41, 5.74) is 3.86. The summed E-state index contributed by atoms with van der Waals surface area (Å²) in [5, 5.41) is 0.260. The molecule has 1 rings (SSSR count). The summed E-state index contributed by atoms with van der Waals surface area (Å²) in [6.07, 6.45) is -1.17. The molecule has 0 aliphatic heterocycles. The van der Waals surface area contributed by atoms with E-state index < -0.39 is 23.4 Å². The van der Waals surface area contributed by atoms with E-state index >= 15 is 0 Å². The number of rotatable bonds is 5. The predicted octanol–water partition coefficient (Wildman–Crippen LogP) is 3.51. The quantitative estimate of drug-likeness (QED) is 0.457. The van der Waals surface area contributed by atoms with E-state index in [1.165, 1.54) is 4.90 Å². The fourth-order valence-corrected chi connectivity index (χ4v) is 1.93. The number of carbonyl (C=O) groups is 2. The Balaban J connectivity index is 2.69. The second-order valence-corrected chi connectivity index (χ2v) is 7.89. The van der Waals surface area contributed by atoms with E-state index in [2.05, 4.69) is 15.8 Å². The van der Waals surface area contributed by atoms with Gasteiger partial charge in [0.1, 0.15) is 22.2 Å². The summed E-state index contributed by atoms with van der Waals surface area (Å²) in [4.78, 5) is 29.5. The Bertz CT molecular complexity index is 626. The fourth-order valence-electron chi connectivity index (χ4n) is 1.77. The minimum atomic E-state index is -0.657. The third-order valence-corrected chi connectivity index (χ3v) is 2.85. The first kappa shape index (κ1) is 22.0. The monoisotopic (exact) mass is 386 g/mol. The van der Waals surface area contributed by atoms with Gasteiger partial charge in [-0.2, -0.15) is 0 Å². The van der Waals surface area contributed by atoms with Gasteiger partial charge in [0.15, 0.2) is 0 Å². The number of hydrogen-bond acceptors (Lipinski definition) is 6. The number of carbonyl (C=O) groups excluding carboxylic acids is 2. The van der Waals surface area contributed by atoms with Crippen molar-refractivity contribution in [1.29, 1.82) is 0 Å². The van der Waals surface area contributed by atoms with Crippen LogP contribution < -0.4 is 15.8 Å². The molecule has 0 spiro atoms. The zero-order valence-electron chi connectivity index (χ0n) is 16.1. The molecule has 0 bridgehead atoms. The van der Waals surface area contributed by atoms with E-state index in [0.717, 1.165) is 0 Å². The number of aromatic nitrogens is 1. The normalized spacial score (nSPS) is 11.7. The van der Waals surface area contributed by atoms with Crippen LogP contribution in [0.4, 0.5) is 15.4 Å². The van der Waals surface area contributed by atoms with Crippen LogP contribution in [0.1, 0.15) is 41.5 Å². The highest BCUT2D eigenvalue weighted by molar-refractivity contribution is 6.29. The SMILES string of the molecule is CC(C)(C)OC(=O)NNCCN(C(=O)OC(C)(C)C)c1cccc(Cl)n1. The summed E-state index contributed by atoms with van der Waals surface area (Å²) in [6.45, 7) is 11.1. The van der Waals surface area contributed by atoms with Gasteiger partial charge >= 0.3 is 12.2 Å². The Morgan fingerprint density at radius 2 is 1.73 bits per heavy atom.